The number of β-amino-alcohol motifs (C(OH)–C–C–N with tert-alkyl or cyclic N) is 1. The van der Waals surface area contributed by atoms with Gasteiger partial charge in [0, 0.05) is 44.1 Å². The third-order valence-corrected chi connectivity index (χ3v) is 15.3. The molecule has 5 aromatic rings. The molecule has 2 aromatic carbocycles. The largest absolute Gasteiger partial charge is 0.446 e. The number of aliphatic hydroxyl groups excluding tert-OH is 1. The monoisotopic (exact) mass is 1010 g/mol. The normalized spacial score (nSPS) is 16.7. The van der Waals surface area contributed by atoms with Crippen molar-refractivity contribution in [2.75, 3.05) is 17.2 Å². The second-order valence-electron chi connectivity index (χ2n) is 20.2. The van der Waals surface area contributed by atoms with Crippen LogP contribution in [0.2, 0.25) is 0 Å². The highest BCUT2D eigenvalue weighted by molar-refractivity contribution is 7.22. The number of thiazole rings is 2. The summed E-state index contributed by atoms with van der Waals surface area (Å²) in [5.41, 5.74) is 8.02. The molecular weight excluding hydrogens is 937 g/mol. The lowest BCUT2D eigenvalue weighted by molar-refractivity contribution is -0.144. The van der Waals surface area contributed by atoms with Gasteiger partial charge in [0.1, 0.15) is 18.2 Å². The maximum atomic E-state index is 14.0. The summed E-state index contributed by atoms with van der Waals surface area (Å²) in [5, 5.41) is 22.9. The topological polar surface area (TPSA) is 205 Å². The number of ether oxygens (including phenoxy) is 1. The molecule has 71 heavy (non-hydrogen) atoms. The first kappa shape index (κ1) is 53.0. The lowest BCUT2D eigenvalue weighted by Crippen LogP contribution is -2.57. The van der Waals surface area contributed by atoms with Crippen LogP contribution in [0.25, 0.3) is 31.8 Å². The zero-order valence-electron chi connectivity index (χ0n) is 41.8. The van der Waals surface area contributed by atoms with Gasteiger partial charge < -0.3 is 30.7 Å². The van der Waals surface area contributed by atoms with Gasteiger partial charge in [0.25, 0.3) is 0 Å². The van der Waals surface area contributed by atoms with Crippen molar-refractivity contribution >= 4 is 73.4 Å². The maximum absolute atomic E-state index is 14.0. The molecule has 1 aliphatic carbocycles. The molecule has 1 aliphatic heterocycles. The van der Waals surface area contributed by atoms with E-state index in [4.69, 9.17) is 4.74 Å². The number of aryl methyl sites for hydroxylation is 2. The van der Waals surface area contributed by atoms with E-state index in [0.29, 0.717) is 35.8 Å². The molecule has 3 aromatic heterocycles. The number of hydrogen-bond acceptors (Lipinski definition) is 12. The van der Waals surface area contributed by atoms with Gasteiger partial charge in [-0.05, 0) is 92.7 Å². The van der Waals surface area contributed by atoms with Gasteiger partial charge in [0.15, 0.2) is 5.13 Å². The van der Waals surface area contributed by atoms with Crippen molar-refractivity contribution in [1.29, 1.82) is 0 Å². The van der Waals surface area contributed by atoms with E-state index in [9.17, 15) is 29.1 Å². The number of anilines is 2. The van der Waals surface area contributed by atoms with Crippen molar-refractivity contribution in [3.05, 3.63) is 77.2 Å². The number of fused-ring (bicyclic) bond motifs is 1. The fourth-order valence-corrected chi connectivity index (χ4v) is 11.0. The predicted molar refractivity (Wildman–Crippen MR) is 281 cm³/mol. The van der Waals surface area contributed by atoms with Crippen LogP contribution in [-0.2, 0) is 30.5 Å². The number of aromatic nitrogens is 3. The summed E-state index contributed by atoms with van der Waals surface area (Å²) >= 11 is 3.01. The third kappa shape index (κ3) is 15.1. The van der Waals surface area contributed by atoms with Crippen LogP contribution in [0, 0.1) is 19.3 Å². The Morgan fingerprint density at radius 1 is 0.803 bits per heavy atom. The molecule has 0 radical (unpaired) electrons. The Morgan fingerprint density at radius 2 is 1.48 bits per heavy atom. The highest BCUT2D eigenvalue weighted by Gasteiger charge is 2.44. The van der Waals surface area contributed by atoms with Crippen LogP contribution in [-0.4, -0.2) is 85.5 Å². The van der Waals surface area contributed by atoms with Crippen LogP contribution in [0.15, 0.2) is 60.2 Å². The molecule has 380 valence electrons. The number of aliphatic hydroxyl groups is 1. The molecule has 7 rings (SSSR count). The predicted octanol–water partition coefficient (Wildman–Crippen LogP) is 10.6. The lowest BCUT2D eigenvalue weighted by atomic mass is 9.85. The number of rotatable bonds is 21. The van der Waals surface area contributed by atoms with Crippen molar-refractivity contribution in [3.63, 3.8) is 0 Å². The molecule has 2 fully saturated rings. The van der Waals surface area contributed by atoms with E-state index < -0.39 is 29.7 Å². The van der Waals surface area contributed by atoms with Crippen LogP contribution in [0.5, 0.6) is 0 Å². The van der Waals surface area contributed by atoms with E-state index in [2.05, 4.69) is 36.2 Å². The molecule has 5 N–H and O–H groups in total. The van der Waals surface area contributed by atoms with Crippen LogP contribution >= 0.6 is 22.7 Å². The third-order valence-electron chi connectivity index (χ3n) is 13.4. The zero-order valence-corrected chi connectivity index (χ0v) is 43.4. The molecule has 3 atom stereocenters. The van der Waals surface area contributed by atoms with Crippen molar-refractivity contribution in [2.24, 2.45) is 5.41 Å². The lowest BCUT2D eigenvalue weighted by Gasteiger charge is -2.35. The minimum absolute atomic E-state index is 0.0264. The Hall–Kier alpha value is -5.78. The smallest absolute Gasteiger partial charge is 0.411 e. The molecule has 5 amide bonds. The molecule has 2 aliphatic rings. The zero-order chi connectivity index (χ0) is 50.5. The molecule has 0 bridgehead atoms. The number of carbonyl (C=O) groups excluding carboxylic acids is 5. The van der Waals surface area contributed by atoms with Gasteiger partial charge in [-0.1, -0.05) is 107 Å². The Kier molecular flexibility index (Phi) is 18.7. The number of nitrogens with one attached hydrogen (secondary N) is 4. The van der Waals surface area contributed by atoms with Gasteiger partial charge in [-0.25, -0.2) is 14.8 Å². The Balaban J connectivity index is 0.765. The fourth-order valence-electron chi connectivity index (χ4n) is 9.28. The Bertz CT molecular complexity index is 2620. The van der Waals surface area contributed by atoms with Crippen LogP contribution in [0.3, 0.4) is 0 Å². The average molecular weight is 1010 g/mol. The standard InChI is InChI=1S/C54H70N8O7S2/c1-34-43(59-53(68)69-41-17-13-12-14-18-41)27-39(31-55-34)38-25-26-42-45(28-38)71-52(58-42)61-47(65)20-16-11-9-7-6-8-10-15-19-46(64)60-49(54(3,4)5)51(67)62-32-40(63)29-44(62)50(66)56-30-36-21-23-37(24-22-36)48-35(2)57-33-70-48/h21-28,31,33,40-41,44,49,63H,6-20,29-30,32H2,1-5H3,(H,56,66)(H,59,68)(H,60,64)(H,58,61,65)/t40-,44+,49-/m1/s1. The second kappa shape index (κ2) is 25.1. The van der Waals surface area contributed by atoms with Gasteiger partial charge in [-0.3, -0.25) is 29.5 Å². The van der Waals surface area contributed by atoms with E-state index >= 15 is 0 Å². The summed E-state index contributed by atoms with van der Waals surface area (Å²) in [7, 11) is 0. The number of pyridine rings is 1. The van der Waals surface area contributed by atoms with Crippen molar-refractivity contribution in [1.82, 2.24) is 30.5 Å². The van der Waals surface area contributed by atoms with Crippen molar-refractivity contribution in [2.45, 2.75) is 168 Å². The van der Waals surface area contributed by atoms with Crippen LogP contribution in [0.4, 0.5) is 15.6 Å². The molecular formula is C54H70N8O7S2. The summed E-state index contributed by atoms with van der Waals surface area (Å²) < 4.78 is 6.59. The molecule has 1 saturated heterocycles. The molecule has 4 heterocycles. The number of unbranched alkanes of at least 4 members (excludes halogenated alkanes) is 7. The summed E-state index contributed by atoms with van der Waals surface area (Å²) in [6.07, 6.45) is 13.8. The van der Waals surface area contributed by atoms with Crippen molar-refractivity contribution in [3.8, 4) is 21.6 Å². The van der Waals surface area contributed by atoms with Gasteiger partial charge in [0.05, 0.1) is 43.8 Å². The first-order valence-corrected chi connectivity index (χ1v) is 27.0. The van der Waals surface area contributed by atoms with E-state index in [0.717, 1.165) is 114 Å². The average Bonchev–Trinajstić information content (AvgIpc) is 4.08. The number of nitrogens with zero attached hydrogens (tertiary/aromatic N) is 4. The number of benzene rings is 2. The number of amides is 5. The molecule has 1 saturated carbocycles. The summed E-state index contributed by atoms with van der Waals surface area (Å²) in [4.78, 5) is 82.2. The van der Waals surface area contributed by atoms with E-state index in [-0.39, 0.29) is 49.2 Å². The van der Waals surface area contributed by atoms with E-state index in [1.165, 1.54) is 22.7 Å². The fraction of sp³-hybridized carbons (Fsp3) is 0.519. The van der Waals surface area contributed by atoms with E-state index in [1.54, 1.807) is 17.5 Å². The van der Waals surface area contributed by atoms with E-state index in [1.807, 2.05) is 88.7 Å². The van der Waals surface area contributed by atoms with Crippen LogP contribution < -0.4 is 21.3 Å². The number of carbonyl (C=O) groups is 5. The minimum Gasteiger partial charge on any atom is -0.446 e. The Labute approximate surface area is 425 Å². The van der Waals surface area contributed by atoms with Gasteiger partial charge >= 0.3 is 6.09 Å². The molecule has 15 nitrogen and oxygen atoms in total. The molecule has 0 unspecified atom stereocenters. The first-order chi connectivity index (χ1) is 34.1. The maximum Gasteiger partial charge on any atom is 0.411 e. The van der Waals surface area contributed by atoms with Gasteiger partial charge in [-0.15, -0.1) is 11.3 Å². The number of hydrogen-bond donors (Lipinski definition) is 5. The first-order valence-electron chi connectivity index (χ1n) is 25.3. The van der Waals surface area contributed by atoms with Crippen LogP contribution in [0.1, 0.15) is 140 Å². The highest BCUT2D eigenvalue weighted by Crippen LogP contribution is 2.33. The second-order valence-corrected chi connectivity index (χ2v) is 22.1. The number of likely N-dealkylation sites (tertiary alicyclic amines) is 1. The van der Waals surface area contributed by atoms with Gasteiger partial charge in [0.2, 0.25) is 23.6 Å². The molecule has 17 heteroatoms. The van der Waals surface area contributed by atoms with Crippen molar-refractivity contribution < 1.29 is 33.8 Å². The minimum atomic E-state index is -0.860. The summed E-state index contributed by atoms with van der Waals surface area (Å²) in [5.74, 6) is -0.971. The SMILES string of the molecule is Cc1ncc(-c2ccc3nc(NC(=O)CCCCCCCCCCC(=O)N[C@H](C(=O)N4C[C@H](O)C[C@H]4C(=O)NCc4ccc(-c5scnc5C)cc4)C(C)(C)C)sc3c2)cc1NC(=O)OC1CCCCC1. The summed E-state index contributed by atoms with van der Waals surface area (Å²) in [6, 6.07) is 14.0. The quantitative estimate of drug-likeness (QED) is 0.0440. The molecule has 0 spiro atoms. The van der Waals surface area contributed by atoms with Gasteiger partial charge in [-0.2, -0.15) is 0 Å². The summed E-state index contributed by atoms with van der Waals surface area (Å²) in [6.45, 7) is 9.80. The highest BCUT2D eigenvalue weighted by atomic mass is 32.1. The Morgan fingerprint density at radius 3 is 2.15 bits per heavy atom.